The van der Waals surface area contributed by atoms with E-state index in [2.05, 4.69) is 0 Å². The van der Waals surface area contributed by atoms with Crippen molar-refractivity contribution >= 4 is 10.0 Å². The summed E-state index contributed by atoms with van der Waals surface area (Å²) in [4.78, 5) is -0.313. The normalized spacial score (nSPS) is 21.1. The Morgan fingerprint density at radius 2 is 2.09 bits per heavy atom. The Morgan fingerprint density at radius 1 is 1.43 bits per heavy atom. The number of nitrogens with two attached hydrogens (primary N) is 1. The van der Waals surface area contributed by atoms with E-state index in [1.165, 1.54) is 10.4 Å². The molecule has 1 aromatic carbocycles. The molecule has 1 heterocycles. The van der Waals surface area contributed by atoms with E-state index in [9.17, 15) is 21.6 Å². The highest BCUT2D eigenvalue weighted by atomic mass is 32.2. The van der Waals surface area contributed by atoms with Gasteiger partial charge in [-0.25, -0.2) is 8.42 Å². The Morgan fingerprint density at radius 3 is 2.57 bits per heavy atom. The molecule has 2 N–H and O–H groups in total. The zero-order valence-corrected chi connectivity index (χ0v) is 13.2. The largest absolute Gasteiger partial charge is 0.417 e. The van der Waals surface area contributed by atoms with Crippen LogP contribution < -0.4 is 5.73 Å². The van der Waals surface area contributed by atoms with Gasteiger partial charge >= 0.3 is 6.18 Å². The van der Waals surface area contributed by atoms with Crippen LogP contribution >= 0.6 is 0 Å². The Balaban J connectivity index is 2.37. The SMILES string of the molecule is CC(N)C1CCN(S(=O)(=O)c2ccc(C(F)(F)F)c(C#N)c2)C1. The summed E-state index contributed by atoms with van der Waals surface area (Å²) >= 11 is 0. The van der Waals surface area contributed by atoms with Crippen molar-refractivity contribution in [3.05, 3.63) is 29.3 Å². The average Bonchev–Trinajstić information content (AvgIpc) is 2.96. The van der Waals surface area contributed by atoms with Gasteiger partial charge in [-0.1, -0.05) is 0 Å². The smallest absolute Gasteiger partial charge is 0.328 e. The first-order valence-corrected chi connectivity index (χ1v) is 8.38. The Kier molecular flexibility index (Phi) is 4.71. The van der Waals surface area contributed by atoms with Crippen molar-refractivity contribution in [3.63, 3.8) is 0 Å². The summed E-state index contributed by atoms with van der Waals surface area (Å²) in [5.74, 6) is 0.00894. The number of hydrogen-bond acceptors (Lipinski definition) is 4. The van der Waals surface area contributed by atoms with Crippen LogP contribution in [0.3, 0.4) is 0 Å². The van der Waals surface area contributed by atoms with Gasteiger partial charge in [-0.15, -0.1) is 0 Å². The molecule has 2 rings (SSSR count). The van der Waals surface area contributed by atoms with Gasteiger partial charge in [-0.3, -0.25) is 0 Å². The molecular formula is C14H16F3N3O2S. The zero-order valence-electron chi connectivity index (χ0n) is 12.3. The molecule has 5 nitrogen and oxygen atoms in total. The van der Waals surface area contributed by atoms with Crippen LogP contribution in [0.5, 0.6) is 0 Å². The number of sulfonamides is 1. The quantitative estimate of drug-likeness (QED) is 0.905. The van der Waals surface area contributed by atoms with Crippen LogP contribution in [-0.2, 0) is 16.2 Å². The van der Waals surface area contributed by atoms with E-state index in [1.54, 1.807) is 6.92 Å². The van der Waals surface area contributed by atoms with E-state index in [4.69, 9.17) is 11.0 Å². The summed E-state index contributed by atoms with van der Waals surface area (Å²) in [7, 11) is -3.94. The van der Waals surface area contributed by atoms with Gasteiger partial charge in [0.25, 0.3) is 0 Å². The predicted octanol–water partition coefficient (Wildman–Crippen LogP) is 1.93. The van der Waals surface area contributed by atoms with Crippen LogP contribution in [0.4, 0.5) is 13.2 Å². The number of nitriles is 1. The second kappa shape index (κ2) is 6.11. The highest BCUT2D eigenvalue weighted by Gasteiger charge is 2.37. The van der Waals surface area contributed by atoms with Crippen LogP contribution in [-0.4, -0.2) is 31.9 Å². The van der Waals surface area contributed by atoms with Crippen molar-refractivity contribution in [2.75, 3.05) is 13.1 Å². The highest BCUT2D eigenvalue weighted by molar-refractivity contribution is 7.89. The number of hydrogen-bond donors (Lipinski definition) is 1. The molecule has 126 valence electrons. The number of nitrogens with zero attached hydrogens (tertiary/aromatic N) is 2. The van der Waals surface area contributed by atoms with Gasteiger partial charge in [-0.05, 0) is 37.5 Å². The van der Waals surface area contributed by atoms with Crippen LogP contribution in [0.2, 0.25) is 0 Å². The van der Waals surface area contributed by atoms with E-state index in [-0.39, 0.29) is 29.9 Å². The Bertz CT molecular complexity index is 739. The first kappa shape index (κ1) is 17.7. The molecule has 0 amide bonds. The lowest BCUT2D eigenvalue weighted by Crippen LogP contribution is -2.33. The Labute approximate surface area is 132 Å². The van der Waals surface area contributed by atoms with E-state index < -0.39 is 27.3 Å². The molecule has 2 atom stereocenters. The van der Waals surface area contributed by atoms with Gasteiger partial charge in [-0.2, -0.15) is 22.7 Å². The summed E-state index contributed by atoms with van der Waals surface area (Å²) in [6, 6.07) is 3.53. The van der Waals surface area contributed by atoms with Crippen molar-refractivity contribution < 1.29 is 21.6 Å². The Hall–Kier alpha value is -1.63. The molecule has 0 bridgehead atoms. The first-order valence-electron chi connectivity index (χ1n) is 6.94. The molecule has 1 saturated heterocycles. The summed E-state index contributed by atoms with van der Waals surface area (Å²) in [5.41, 5.74) is 3.91. The molecule has 1 aliphatic heterocycles. The van der Waals surface area contributed by atoms with Crippen molar-refractivity contribution in [3.8, 4) is 6.07 Å². The van der Waals surface area contributed by atoms with Gasteiger partial charge in [0.2, 0.25) is 10.0 Å². The second-order valence-corrected chi connectivity index (χ2v) is 7.53. The van der Waals surface area contributed by atoms with Crippen molar-refractivity contribution in [1.82, 2.24) is 4.31 Å². The van der Waals surface area contributed by atoms with Gasteiger partial charge in [0.1, 0.15) is 0 Å². The van der Waals surface area contributed by atoms with E-state index >= 15 is 0 Å². The molecule has 1 aliphatic rings. The van der Waals surface area contributed by atoms with Gasteiger partial charge in [0.15, 0.2) is 0 Å². The third-order valence-electron chi connectivity index (χ3n) is 3.99. The average molecular weight is 347 g/mol. The second-order valence-electron chi connectivity index (χ2n) is 5.59. The third-order valence-corrected chi connectivity index (χ3v) is 5.85. The minimum absolute atomic E-state index is 0.00894. The molecule has 23 heavy (non-hydrogen) atoms. The van der Waals surface area contributed by atoms with Crippen molar-refractivity contribution in [2.24, 2.45) is 11.7 Å². The fourth-order valence-electron chi connectivity index (χ4n) is 2.57. The molecule has 2 unspecified atom stereocenters. The number of alkyl halides is 3. The summed E-state index contributed by atoms with van der Waals surface area (Å²) in [6.07, 6.45) is -4.11. The van der Waals surface area contributed by atoms with Crippen LogP contribution in [0.1, 0.15) is 24.5 Å². The molecule has 0 aromatic heterocycles. The summed E-state index contributed by atoms with van der Waals surface area (Å²) < 4.78 is 64.6. The highest BCUT2D eigenvalue weighted by Crippen LogP contribution is 2.34. The first-order chi connectivity index (χ1) is 10.6. The van der Waals surface area contributed by atoms with Crippen molar-refractivity contribution in [1.29, 1.82) is 5.26 Å². The zero-order chi connectivity index (χ0) is 17.4. The maximum Gasteiger partial charge on any atom is 0.417 e. The molecule has 0 aliphatic carbocycles. The summed E-state index contributed by atoms with van der Waals surface area (Å²) in [6.45, 7) is 2.27. The molecular weight excluding hydrogens is 331 g/mol. The number of rotatable bonds is 3. The lowest BCUT2D eigenvalue weighted by atomic mass is 10.0. The van der Waals surface area contributed by atoms with E-state index in [1.807, 2.05) is 0 Å². The van der Waals surface area contributed by atoms with Crippen molar-refractivity contribution in [2.45, 2.75) is 30.5 Å². The van der Waals surface area contributed by atoms with Gasteiger partial charge in [0.05, 0.1) is 22.1 Å². The van der Waals surface area contributed by atoms with E-state index in [0.29, 0.717) is 12.5 Å². The number of benzene rings is 1. The molecule has 1 aromatic rings. The topological polar surface area (TPSA) is 87.2 Å². The van der Waals surface area contributed by atoms with Gasteiger partial charge < -0.3 is 5.73 Å². The standard InChI is InChI=1S/C14H16F3N3O2S/c1-9(19)10-4-5-20(8-10)23(21,22)12-2-3-13(14(15,16)17)11(6-12)7-18/h2-3,6,9-10H,4-5,8,19H2,1H3. The molecule has 0 saturated carbocycles. The lowest BCUT2D eigenvalue weighted by molar-refractivity contribution is -0.137. The predicted molar refractivity (Wildman–Crippen MR) is 76.7 cm³/mol. The monoisotopic (exact) mass is 347 g/mol. The minimum Gasteiger partial charge on any atom is -0.328 e. The van der Waals surface area contributed by atoms with Gasteiger partial charge in [0, 0.05) is 19.1 Å². The van der Waals surface area contributed by atoms with Crippen LogP contribution in [0.15, 0.2) is 23.1 Å². The fraction of sp³-hybridized carbons (Fsp3) is 0.500. The minimum atomic E-state index is -4.71. The van der Waals surface area contributed by atoms with Crippen LogP contribution in [0, 0.1) is 17.2 Å². The molecule has 0 radical (unpaired) electrons. The molecule has 9 heteroatoms. The number of halogens is 3. The maximum atomic E-state index is 12.8. The lowest BCUT2D eigenvalue weighted by Gasteiger charge is -2.19. The molecule has 0 spiro atoms. The van der Waals surface area contributed by atoms with Crippen LogP contribution in [0.25, 0.3) is 0 Å². The maximum absolute atomic E-state index is 12.8. The molecule has 1 fully saturated rings. The summed E-state index contributed by atoms with van der Waals surface area (Å²) in [5, 5.41) is 8.88. The third kappa shape index (κ3) is 3.49. The fourth-order valence-corrected chi connectivity index (χ4v) is 4.11. The van der Waals surface area contributed by atoms with E-state index in [0.717, 1.165) is 12.1 Å².